The number of thiophene rings is 1. The second-order valence-electron chi connectivity index (χ2n) is 6.52. The van der Waals surface area contributed by atoms with E-state index >= 15 is 0 Å². The molecule has 0 bridgehead atoms. The maximum absolute atomic E-state index is 13.1. The normalized spacial score (nSPS) is 10.6. The first-order chi connectivity index (χ1) is 14.2. The lowest BCUT2D eigenvalue weighted by atomic mass is 10.2. The third kappa shape index (κ3) is 4.50. The van der Waals surface area contributed by atoms with Crippen molar-refractivity contribution >= 4 is 22.9 Å². The molecule has 0 N–H and O–H groups in total. The Kier molecular flexibility index (Phi) is 5.63. The molecule has 1 amide bonds. The zero-order chi connectivity index (χ0) is 20.1. The number of rotatable bonds is 6. The van der Waals surface area contributed by atoms with Crippen molar-refractivity contribution in [2.45, 2.75) is 13.1 Å². The van der Waals surface area contributed by atoms with E-state index in [2.05, 4.69) is 4.98 Å². The van der Waals surface area contributed by atoms with E-state index in [0.717, 1.165) is 16.1 Å². The van der Waals surface area contributed by atoms with Crippen LogP contribution in [0.3, 0.4) is 0 Å². The fourth-order valence-electron chi connectivity index (χ4n) is 3.03. The molecule has 4 aromatic rings. The van der Waals surface area contributed by atoms with E-state index < -0.39 is 0 Å². The molecule has 5 nitrogen and oxygen atoms in total. The van der Waals surface area contributed by atoms with Gasteiger partial charge in [0.2, 0.25) is 5.91 Å². The Balaban J connectivity index is 1.59. The molecule has 0 aliphatic carbocycles. The molecule has 0 saturated carbocycles. The van der Waals surface area contributed by atoms with Crippen LogP contribution in [-0.4, -0.2) is 15.5 Å². The van der Waals surface area contributed by atoms with Crippen LogP contribution in [-0.2, 0) is 17.9 Å². The Morgan fingerprint density at radius 2 is 1.69 bits per heavy atom. The standard InChI is InChI=1S/C23H19N3O2S/c27-22-14-20(21-12-7-13-29-21)24-17-25(22)16-23(28)26(19-10-5-2-6-11-19)15-18-8-3-1-4-9-18/h1-14,17H,15-16H2. The molecule has 2 aromatic heterocycles. The predicted molar refractivity (Wildman–Crippen MR) is 116 cm³/mol. The van der Waals surface area contributed by atoms with Crippen LogP contribution in [0.15, 0.2) is 95.4 Å². The summed E-state index contributed by atoms with van der Waals surface area (Å²) in [6, 6.07) is 24.6. The number of amides is 1. The van der Waals surface area contributed by atoms with E-state index in [1.165, 1.54) is 28.3 Å². The van der Waals surface area contributed by atoms with E-state index in [9.17, 15) is 9.59 Å². The molecule has 2 heterocycles. The molecule has 2 aromatic carbocycles. The number of benzene rings is 2. The minimum Gasteiger partial charge on any atom is -0.306 e. The van der Waals surface area contributed by atoms with Crippen molar-refractivity contribution in [3.05, 3.63) is 106 Å². The number of hydrogen-bond donors (Lipinski definition) is 0. The molecule has 0 aliphatic rings. The van der Waals surface area contributed by atoms with Crippen molar-refractivity contribution in [3.63, 3.8) is 0 Å². The lowest BCUT2D eigenvalue weighted by Crippen LogP contribution is -2.36. The average Bonchev–Trinajstić information content (AvgIpc) is 3.30. The van der Waals surface area contributed by atoms with Crippen LogP contribution in [0, 0.1) is 0 Å². The zero-order valence-corrected chi connectivity index (χ0v) is 16.5. The molecule has 0 saturated heterocycles. The van der Waals surface area contributed by atoms with E-state index in [1.54, 1.807) is 4.90 Å². The summed E-state index contributed by atoms with van der Waals surface area (Å²) in [5, 5.41) is 1.94. The van der Waals surface area contributed by atoms with Gasteiger partial charge in [-0.2, -0.15) is 0 Å². The largest absolute Gasteiger partial charge is 0.306 e. The summed E-state index contributed by atoms with van der Waals surface area (Å²) >= 11 is 1.52. The van der Waals surface area contributed by atoms with Gasteiger partial charge in [-0.1, -0.05) is 54.6 Å². The number of anilines is 1. The Labute approximate surface area is 172 Å². The van der Waals surface area contributed by atoms with Gasteiger partial charge >= 0.3 is 0 Å². The van der Waals surface area contributed by atoms with E-state index in [-0.39, 0.29) is 18.0 Å². The lowest BCUT2D eigenvalue weighted by Gasteiger charge is -2.23. The number of carbonyl (C=O) groups excluding carboxylic acids is 1. The second-order valence-corrected chi connectivity index (χ2v) is 7.47. The van der Waals surface area contributed by atoms with Gasteiger partial charge < -0.3 is 4.90 Å². The average molecular weight is 401 g/mol. The number of para-hydroxylation sites is 1. The highest BCUT2D eigenvalue weighted by Crippen LogP contribution is 2.21. The molecule has 4 rings (SSSR count). The maximum atomic E-state index is 13.1. The summed E-state index contributed by atoms with van der Waals surface area (Å²) in [4.78, 5) is 32.6. The monoisotopic (exact) mass is 401 g/mol. The third-order valence-electron chi connectivity index (χ3n) is 4.51. The highest BCUT2D eigenvalue weighted by atomic mass is 32.1. The summed E-state index contributed by atoms with van der Waals surface area (Å²) in [6.45, 7) is 0.359. The zero-order valence-electron chi connectivity index (χ0n) is 15.6. The van der Waals surface area contributed by atoms with Gasteiger partial charge in [-0.15, -0.1) is 11.3 Å². The summed E-state index contributed by atoms with van der Waals surface area (Å²) < 4.78 is 1.35. The highest BCUT2D eigenvalue weighted by molar-refractivity contribution is 7.13. The van der Waals surface area contributed by atoms with Crippen LogP contribution in [0.5, 0.6) is 0 Å². The molecular formula is C23H19N3O2S. The van der Waals surface area contributed by atoms with Crippen LogP contribution < -0.4 is 10.5 Å². The van der Waals surface area contributed by atoms with Crippen LogP contribution in [0.4, 0.5) is 5.69 Å². The Morgan fingerprint density at radius 3 is 2.34 bits per heavy atom. The van der Waals surface area contributed by atoms with Crippen molar-refractivity contribution in [1.82, 2.24) is 9.55 Å². The maximum Gasteiger partial charge on any atom is 0.254 e. The minimum atomic E-state index is -0.246. The van der Waals surface area contributed by atoms with Crippen LogP contribution in [0.1, 0.15) is 5.56 Å². The van der Waals surface area contributed by atoms with Gasteiger partial charge in [0.05, 0.1) is 23.4 Å². The molecule has 0 atom stereocenters. The summed E-state index contributed by atoms with van der Waals surface area (Å²) in [5.41, 5.74) is 2.18. The van der Waals surface area contributed by atoms with Crippen molar-refractivity contribution in [2.24, 2.45) is 0 Å². The molecule has 0 spiro atoms. The van der Waals surface area contributed by atoms with Crippen LogP contribution in [0.2, 0.25) is 0 Å². The van der Waals surface area contributed by atoms with Gasteiger partial charge in [-0.3, -0.25) is 14.2 Å². The van der Waals surface area contributed by atoms with Gasteiger partial charge in [-0.25, -0.2) is 4.98 Å². The molecule has 29 heavy (non-hydrogen) atoms. The van der Waals surface area contributed by atoms with Crippen LogP contribution >= 0.6 is 11.3 Å². The third-order valence-corrected chi connectivity index (χ3v) is 5.40. The number of carbonyl (C=O) groups is 1. The number of nitrogens with zero attached hydrogens (tertiary/aromatic N) is 3. The van der Waals surface area contributed by atoms with Gasteiger partial charge in [0.15, 0.2) is 0 Å². The fraction of sp³-hybridized carbons (Fsp3) is 0.0870. The second kappa shape index (κ2) is 8.67. The van der Waals surface area contributed by atoms with Crippen molar-refractivity contribution in [3.8, 4) is 10.6 Å². The smallest absolute Gasteiger partial charge is 0.254 e. The van der Waals surface area contributed by atoms with Crippen molar-refractivity contribution < 1.29 is 4.79 Å². The van der Waals surface area contributed by atoms with Gasteiger partial charge in [0, 0.05) is 11.8 Å². The quantitative estimate of drug-likeness (QED) is 0.486. The van der Waals surface area contributed by atoms with Crippen LogP contribution in [0.25, 0.3) is 10.6 Å². The van der Waals surface area contributed by atoms with Crippen molar-refractivity contribution in [2.75, 3.05) is 4.90 Å². The van der Waals surface area contributed by atoms with E-state index in [1.807, 2.05) is 78.2 Å². The van der Waals surface area contributed by atoms with Gasteiger partial charge in [0.1, 0.15) is 6.54 Å². The predicted octanol–water partition coefficient (Wildman–Crippen LogP) is 4.21. The Bertz CT molecular complexity index is 1140. The summed E-state index contributed by atoms with van der Waals surface area (Å²) in [6.07, 6.45) is 1.45. The van der Waals surface area contributed by atoms with Gasteiger partial charge in [0.25, 0.3) is 5.56 Å². The molecule has 0 fully saturated rings. The molecular weight excluding hydrogens is 382 g/mol. The summed E-state index contributed by atoms with van der Waals surface area (Å²) in [5.74, 6) is -0.173. The summed E-state index contributed by atoms with van der Waals surface area (Å²) in [7, 11) is 0. The van der Waals surface area contributed by atoms with Crippen molar-refractivity contribution in [1.29, 1.82) is 0 Å². The number of hydrogen-bond acceptors (Lipinski definition) is 4. The minimum absolute atomic E-state index is 0.0711. The first-order valence-electron chi connectivity index (χ1n) is 9.20. The topological polar surface area (TPSA) is 55.2 Å². The molecule has 0 radical (unpaired) electrons. The Morgan fingerprint density at radius 1 is 0.966 bits per heavy atom. The van der Waals surface area contributed by atoms with E-state index in [4.69, 9.17) is 0 Å². The van der Waals surface area contributed by atoms with Gasteiger partial charge in [-0.05, 0) is 29.1 Å². The molecule has 144 valence electrons. The molecule has 0 aliphatic heterocycles. The number of aromatic nitrogens is 2. The van der Waals surface area contributed by atoms with E-state index in [0.29, 0.717) is 12.2 Å². The fourth-order valence-corrected chi connectivity index (χ4v) is 3.73. The SMILES string of the molecule is O=C(Cn1cnc(-c2cccs2)cc1=O)N(Cc1ccccc1)c1ccccc1. The highest BCUT2D eigenvalue weighted by Gasteiger charge is 2.17. The lowest BCUT2D eigenvalue weighted by molar-refractivity contribution is -0.119. The Hall–Kier alpha value is -3.51. The molecule has 6 heteroatoms. The first-order valence-corrected chi connectivity index (χ1v) is 10.1. The first kappa shape index (κ1) is 18.8. The molecule has 0 unspecified atom stereocenters.